The lowest BCUT2D eigenvalue weighted by Gasteiger charge is -2.09. The van der Waals surface area contributed by atoms with Gasteiger partial charge in [0, 0.05) is 10.9 Å². The molecule has 2 aromatic heterocycles. The molecular weight excluding hydrogens is 300 g/mol. The van der Waals surface area contributed by atoms with Gasteiger partial charge in [0.25, 0.3) is 6.57 Å². The first-order valence-corrected chi connectivity index (χ1v) is 7.38. The lowest BCUT2D eigenvalue weighted by atomic mass is 10.2. The molecule has 0 bridgehead atoms. The van der Waals surface area contributed by atoms with Gasteiger partial charge in [-0.2, -0.15) is 5.10 Å². The molecule has 0 saturated carbocycles. The number of aromatic nitrogens is 4. The number of para-hydroxylation sites is 1. The number of fused-ring (bicyclic) bond motifs is 1. The maximum Gasteiger partial charge on any atom is 0.401 e. The third kappa shape index (κ3) is 2.44. The largest absolute Gasteiger partial charge is 0.401 e. The van der Waals surface area contributed by atoms with Gasteiger partial charge in [-0.3, -0.25) is 5.10 Å². The molecule has 114 valence electrons. The molecule has 24 heavy (non-hydrogen) atoms. The van der Waals surface area contributed by atoms with Crippen LogP contribution in [0.25, 0.3) is 27.1 Å². The number of hydrogen-bond acceptors (Lipinski definition) is 4. The molecule has 0 atom stereocenters. The number of anilines is 2. The number of aromatic amines is 1. The van der Waals surface area contributed by atoms with E-state index in [-0.39, 0.29) is 0 Å². The third-order valence-corrected chi connectivity index (χ3v) is 3.64. The van der Waals surface area contributed by atoms with Crippen molar-refractivity contribution in [2.45, 2.75) is 0 Å². The first-order valence-electron chi connectivity index (χ1n) is 7.38. The second-order valence-electron chi connectivity index (χ2n) is 5.16. The van der Waals surface area contributed by atoms with Gasteiger partial charge in [-0.15, -0.1) is 0 Å². The van der Waals surface area contributed by atoms with E-state index < -0.39 is 0 Å². The molecule has 0 aliphatic heterocycles. The normalized spacial score (nSPS) is 10.5. The Bertz CT molecular complexity index is 1050. The summed E-state index contributed by atoms with van der Waals surface area (Å²) in [5.41, 5.74) is 2.32. The first-order chi connectivity index (χ1) is 11.8. The van der Waals surface area contributed by atoms with E-state index in [0.29, 0.717) is 23.1 Å². The van der Waals surface area contributed by atoms with Crippen molar-refractivity contribution in [1.29, 1.82) is 0 Å². The highest BCUT2D eigenvalue weighted by atomic mass is 15.2. The Balaban J connectivity index is 1.89. The molecule has 0 amide bonds. The SMILES string of the molecule is C#[N+]c1cn[nH]c1Nc1nc(-c2ccccc2)nc2ccccc12. The predicted octanol–water partition coefficient (Wildman–Crippen LogP) is 4.36. The van der Waals surface area contributed by atoms with E-state index in [1.165, 1.54) is 0 Å². The van der Waals surface area contributed by atoms with Crippen LogP contribution >= 0.6 is 0 Å². The van der Waals surface area contributed by atoms with Crippen LogP contribution in [0, 0.1) is 6.57 Å². The van der Waals surface area contributed by atoms with Gasteiger partial charge in [0.05, 0.1) is 5.52 Å². The van der Waals surface area contributed by atoms with Crippen molar-refractivity contribution < 1.29 is 0 Å². The van der Waals surface area contributed by atoms with Crippen molar-refractivity contribution in [3.05, 3.63) is 65.6 Å². The minimum absolute atomic E-state index is 0.527. The third-order valence-electron chi connectivity index (χ3n) is 3.64. The van der Waals surface area contributed by atoms with Gasteiger partial charge in [-0.25, -0.2) is 9.97 Å². The van der Waals surface area contributed by atoms with Crippen LogP contribution in [-0.4, -0.2) is 20.2 Å². The molecule has 4 aromatic rings. The molecule has 0 aliphatic carbocycles. The highest BCUT2D eigenvalue weighted by molar-refractivity contribution is 5.92. The molecule has 0 radical (unpaired) electrons. The van der Waals surface area contributed by atoms with E-state index in [9.17, 15) is 0 Å². The van der Waals surface area contributed by atoms with E-state index >= 15 is 0 Å². The van der Waals surface area contributed by atoms with E-state index in [4.69, 9.17) is 6.57 Å². The highest BCUT2D eigenvalue weighted by Gasteiger charge is 2.16. The van der Waals surface area contributed by atoms with Crippen LogP contribution in [0.15, 0.2) is 60.8 Å². The lowest BCUT2D eigenvalue weighted by Crippen LogP contribution is -1.99. The smallest absolute Gasteiger partial charge is 0.318 e. The second-order valence-corrected chi connectivity index (χ2v) is 5.16. The number of hydrogen-bond donors (Lipinski definition) is 2. The van der Waals surface area contributed by atoms with Crippen LogP contribution in [0.2, 0.25) is 0 Å². The standard InChI is InChI=1S/C18H13N6/c1-19-15-11-20-24-18(15)23-17-13-9-5-6-10-14(13)21-16(22-17)12-7-3-2-4-8-12/h1-11H,(H2,20,21,22,23,24)/q+1. The summed E-state index contributed by atoms with van der Waals surface area (Å²) < 4.78 is 0. The number of rotatable bonds is 3. The Morgan fingerprint density at radius 1 is 0.958 bits per heavy atom. The molecule has 0 unspecified atom stereocenters. The summed E-state index contributed by atoms with van der Waals surface area (Å²) in [5, 5.41) is 10.9. The Hall–Kier alpha value is -3.72. The number of benzene rings is 2. The fraction of sp³-hybridized carbons (Fsp3) is 0. The van der Waals surface area contributed by atoms with E-state index in [1.807, 2.05) is 54.6 Å². The van der Waals surface area contributed by atoms with Crippen LogP contribution < -0.4 is 5.32 Å². The van der Waals surface area contributed by atoms with Gasteiger partial charge in [0.2, 0.25) is 5.82 Å². The minimum Gasteiger partial charge on any atom is -0.318 e. The second kappa shape index (κ2) is 5.82. The molecule has 0 spiro atoms. The molecule has 0 saturated heterocycles. The van der Waals surface area contributed by atoms with Crippen molar-refractivity contribution in [2.75, 3.05) is 5.32 Å². The Morgan fingerprint density at radius 2 is 1.75 bits per heavy atom. The average molecular weight is 313 g/mol. The highest BCUT2D eigenvalue weighted by Crippen LogP contribution is 2.30. The van der Waals surface area contributed by atoms with Gasteiger partial charge >= 0.3 is 5.69 Å². The summed E-state index contributed by atoms with van der Waals surface area (Å²) in [7, 11) is 0. The van der Waals surface area contributed by atoms with Crippen LogP contribution in [0.1, 0.15) is 0 Å². The van der Waals surface area contributed by atoms with Gasteiger partial charge < -0.3 is 5.32 Å². The van der Waals surface area contributed by atoms with Crippen molar-refractivity contribution in [1.82, 2.24) is 20.2 Å². The number of nitrogens with one attached hydrogen (secondary N) is 2. The van der Waals surface area contributed by atoms with Crippen molar-refractivity contribution in [2.24, 2.45) is 0 Å². The van der Waals surface area contributed by atoms with Gasteiger partial charge in [-0.1, -0.05) is 42.5 Å². The molecule has 4 rings (SSSR count). The van der Waals surface area contributed by atoms with Gasteiger partial charge in [-0.05, 0) is 17.0 Å². The molecule has 0 aliphatic rings. The minimum atomic E-state index is 0.527. The van der Waals surface area contributed by atoms with Crippen molar-refractivity contribution in [3.63, 3.8) is 0 Å². The summed E-state index contributed by atoms with van der Waals surface area (Å²) >= 11 is 0. The number of nitrogens with zero attached hydrogens (tertiary/aromatic N) is 4. The topological polar surface area (TPSA) is 70.8 Å². The van der Waals surface area contributed by atoms with Crippen molar-refractivity contribution in [3.8, 4) is 18.0 Å². The molecule has 6 nitrogen and oxygen atoms in total. The summed E-state index contributed by atoms with van der Waals surface area (Å²) in [6.07, 6.45) is 1.55. The molecule has 2 heterocycles. The molecule has 6 heteroatoms. The molecule has 0 fully saturated rings. The Labute approximate surface area is 138 Å². The fourth-order valence-electron chi connectivity index (χ4n) is 2.48. The molecule has 2 aromatic carbocycles. The van der Waals surface area contributed by atoms with Gasteiger partial charge in [0.15, 0.2) is 5.82 Å². The quantitative estimate of drug-likeness (QED) is 0.589. The Morgan fingerprint density at radius 3 is 2.58 bits per heavy atom. The molecular formula is C18H13N6+. The van der Waals surface area contributed by atoms with Crippen LogP contribution in [-0.2, 0) is 0 Å². The zero-order chi connectivity index (χ0) is 16.4. The summed E-state index contributed by atoms with van der Waals surface area (Å²) in [5.74, 6) is 1.89. The Kier molecular flexibility index (Phi) is 3.37. The lowest BCUT2D eigenvalue weighted by molar-refractivity contribution is 1.09. The van der Waals surface area contributed by atoms with E-state index in [1.54, 1.807) is 6.20 Å². The summed E-state index contributed by atoms with van der Waals surface area (Å²) in [4.78, 5) is 13.0. The fourth-order valence-corrected chi connectivity index (χ4v) is 2.48. The first kappa shape index (κ1) is 13.9. The average Bonchev–Trinajstić information content (AvgIpc) is 3.09. The summed E-state index contributed by atoms with van der Waals surface area (Å²) in [6, 6.07) is 17.6. The van der Waals surface area contributed by atoms with E-state index in [0.717, 1.165) is 16.5 Å². The van der Waals surface area contributed by atoms with Crippen LogP contribution in [0.4, 0.5) is 17.3 Å². The zero-order valence-corrected chi connectivity index (χ0v) is 12.6. The maximum absolute atomic E-state index is 5.37. The number of H-pyrrole nitrogens is 1. The predicted molar refractivity (Wildman–Crippen MR) is 94.8 cm³/mol. The van der Waals surface area contributed by atoms with Crippen LogP contribution in [0.5, 0.6) is 0 Å². The summed E-state index contributed by atoms with van der Waals surface area (Å²) in [6.45, 7) is 5.37. The van der Waals surface area contributed by atoms with Crippen molar-refractivity contribution >= 4 is 28.2 Å². The van der Waals surface area contributed by atoms with Gasteiger partial charge in [0.1, 0.15) is 12.0 Å². The van der Waals surface area contributed by atoms with Crippen LogP contribution in [0.3, 0.4) is 0 Å². The zero-order valence-electron chi connectivity index (χ0n) is 12.6. The maximum atomic E-state index is 5.37. The molecule has 2 N–H and O–H groups in total. The monoisotopic (exact) mass is 313 g/mol. The van der Waals surface area contributed by atoms with E-state index in [2.05, 4.69) is 30.3 Å².